The number of nitrogens with zero attached hydrogens (tertiary/aromatic N) is 4. The van der Waals surface area contributed by atoms with Gasteiger partial charge in [0, 0.05) is 50.6 Å². The predicted octanol–water partition coefficient (Wildman–Crippen LogP) is 15.9. The summed E-state index contributed by atoms with van der Waals surface area (Å²) in [4.78, 5) is 17.4. The van der Waals surface area contributed by atoms with Gasteiger partial charge in [0.1, 0.15) is 11.2 Å². The molecule has 0 fully saturated rings. The third kappa shape index (κ3) is 6.64. The van der Waals surface area contributed by atoms with Gasteiger partial charge < -0.3 is 9.32 Å². The Hall–Kier alpha value is -8.67. The Morgan fingerprint density at radius 3 is 1.31 bits per heavy atom. The zero-order valence-corrected chi connectivity index (χ0v) is 34.6. The van der Waals surface area contributed by atoms with Crippen LogP contribution >= 0.6 is 0 Å². The van der Waals surface area contributed by atoms with E-state index in [0.29, 0.717) is 17.5 Å². The minimum Gasteiger partial charge on any atom is -0.456 e. The van der Waals surface area contributed by atoms with E-state index in [-0.39, 0.29) is 0 Å². The summed E-state index contributed by atoms with van der Waals surface area (Å²) in [6, 6.07) is 80.6. The van der Waals surface area contributed by atoms with Crippen LogP contribution in [0.1, 0.15) is 0 Å². The third-order valence-electron chi connectivity index (χ3n) is 12.1. The van der Waals surface area contributed by atoms with Crippen molar-refractivity contribution in [3.8, 4) is 56.4 Å². The molecule has 0 aliphatic carbocycles. The van der Waals surface area contributed by atoms with Crippen LogP contribution in [0.2, 0.25) is 0 Å². The molecule has 0 saturated carbocycles. The molecule has 12 aromatic rings. The van der Waals surface area contributed by atoms with Crippen molar-refractivity contribution in [3.05, 3.63) is 231 Å². The lowest BCUT2D eigenvalue weighted by Crippen LogP contribution is -2.09. The average molecular weight is 819 g/mol. The minimum atomic E-state index is 0.587. The van der Waals surface area contributed by atoms with Crippen LogP contribution in [0.4, 0.5) is 17.1 Å². The van der Waals surface area contributed by atoms with Crippen molar-refractivity contribution in [2.75, 3.05) is 4.90 Å². The largest absolute Gasteiger partial charge is 0.456 e. The van der Waals surface area contributed by atoms with Crippen LogP contribution in [-0.2, 0) is 0 Å². The Kier molecular flexibility index (Phi) is 9.08. The quantitative estimate of drug-likeness (QED) is 0.153. The van der Waals surface area contributed by atoms with Crippen molar-refractivity contribution in [1.29, 1.82) is 0 Å². The minimum absolute atomic E-state index is 0.587. The second kappa shape index (κ2) is 15.7. The van der Waals surface area contributed by atoms with Crippen molar-refractivity contribution < 1.29 is 4.42 Å². The van der Waals surface area contributed by atoms with Gasteiger partial charge in [-0.2, -0.15) is 0 Å². The first-order valence-electron chi connectivity index (χ1n) is 21.5. The Balaban J connectivity index is 0.990. The summed E-state index contributed by atoms with van der Waals surface area (Å²) in [5.74, 6) is 1.82. The summed E-state index contributed by atoms with van der Waals surface area (Å²) < 4.78 is 6.74. The lowest BCUT2D eigenvalue weighted by molar-refractivity contribution is 0.669. The van der Waals surface area contributed by atoms with Crippen LogP contribution in [0.25, 0.3) is 99.9 Å². The first kappa shape index (κ1) is 37.1. The first-order valence-corrected chi connectivity index (χ1v) is 21.5. The number of anilines is 3. The fourth-order valence-electron chi connectivity index (χ4n) is 9.05. The molecule has 300 valence electrons. The molecular formula is C59H38N4O. The van der Waals surface area contributed by atoms with E-state index >= 15 is 0 Å². The highest BCUT2D eigenvalue weighted by molar-refractivity contribution is 6.12. The van der Waals surface area contributed by atoms with Gasteiger partial charge in [-0.05, 0) is 86.3 Å². The van der Waals surface area contributed by atoms with Gasteiger partial charge in [0.2, 0.25) is 0 Å². The van der Waals surface area contributed by atoms with Gasteiger partial charge in [-0.3, -0.25) is 0 Å². The molecule has 0 aliphatic heterocycles. The highest BCUT2D eigenvalue weighted by atomic mass is 16.3. The summed E-state index contributed by atoms with van der Waals surface area (Å²) in [5.41, 5.74) is 12.0. The van der Waals surface area contributed by atoms with Crippen molar-refractivity contribution in [3.63, 3.8) is 0 Å². The zero-order valence-electron chi connectivity index (χ0n) is 34.6. The number of fused-ring (bicyclic) bond motifs is 5. The van der Waals surface area contributed by atoms with Gasteiger partial charge in [0.25, 0.3) is 0 Å². The van der Waals surface area contributed by atoms with Gasteiger partial charge in [-0.15, -0.1) is 0 Å². The molecule has 0 atom stereocenters. The SMILES string of the molecule is c1ccc(-c2nc(-c3ccccc3)nc(-c3cccc4oc5cc(N(c6ccc(-c7cccc8ccccc78)cc6)c6ccc(-c7cccc8ccccc78)cc6)ccc5c34)n2)cc1. The number of aromatic nitrogens is 3. The molecule has 2 heterocycles. The van der Waals surface area contributed by atoms with Crippen LogP contribution in [0.15, 0.2) is 235 Å². The van der Waals surface area contributed by atoms with E-state index in [0.717, 1.165) is 66.8 Å². The van der Waals surface area contributed by atoms with Gasteiger partial charge in [-0.25, -0.2) is 15.0 Å². The third-order valence-corrected chi connectivity index (χ3v) is 12.1. The van der Waals surface area contributed by atoms with Crippen LogP contribution in [0.5, 0.6) is 0 Å². The van der Waals surface area contributed by atoms with Crippen LogP contribution < -0.4 is 4.90 Å². The smallest absolute Gasteiger partial charge is 0.164 e. The van der Waals surface area contributed by atoms with E-state index in [4.69, 9.17) is 19.4 Å². The lowest BCUT2D eigenvalue weighted by atomic mass is 9.97. The summed E-state index contributed by atoms with van der Waals surface area (Å²) in [6.45, 7) is 0. The molecule has 2 aromatic heterocycles. The lowest BCUT2D eigenvalue weighted by Gasteiger charge is -2.26. The monoisotopic (exact) mass is 818 g/mol. The summed E-state index contributed by atoms with van der Waals surface area (Å²) in [6.07, 6.45) is 0. The zero-order chi connectivity index (χ0) is 42.4. The van der Waals surface area contributed by atoms with E-state index in [2.05, 4.69) is 163 Å². The maximum atomic E-state index is 6.74. The van der Waals surface area contributed by atoms with E-state index in [1.54, 1.807) is 0 Å². The molecule has 0 saturated heterocycles. The fourth-order valence-corrected chi connectivity index (χ4v) is 9.05. The molecule has 0 bridgehead atoms. The molecule has 0 radical (unpaired) electrons. The number of hydrogen-bond acceptors (Lipinski definition) is 5. The molecule has 0 amide bonds. The van der Waals surface area contributed by atoms with Gasteiger partial charge in [0.05, 0.1) is 0 Å². The molecule has 0 spiro atoms. The molecule has 5 nitrogen and oxygen atoms in total. The van der Waals surface area contributed by atoms with Crippen molar-refractivity contribution in [2.24, 2.45) is 0 Å². The second-order valence-electron chi connectivity index (χ2n) is 16.0. The van der Waals surface area contributed by atoms with Crippen molar-refractivity contribution in [1.82, 2.24) is 15.0 Å². The molecule has 0 unspecified atom stereocenters. The molecule has 0 aliphatic rings. The maximum Gasteiger partial charge on any atom is 0.164 e. The van der Waals surface area contributed by atoms with E-state index in [9.17, 15) is 0 Å². The fraction of sp³-hybridized carbons (Fsp3) is 0. The Morgan fingerprint density at radius 1 is 0.297 bits per heavy atom. The second-order valence-corrected chi connectivity index (χ2v) is 16.0. The Labute approximate surface area is 370 Å². The molecule has 64 heavy (non-hydrogen) atoms. The van der Waals surface area contributed by atoms with Crippen LogP contribution in [-0.4, -0.2) is 15.0 Å². The van der Waals surface area contributed by atoms with Crippen molar-refractivity contribution >= 4 is 60.5 Å². The topological polar surface area (TPSA) is 55.1 Å². The molecule has 5 heteroatoms. The summed E-state index contributed by atoms with van der Waals surface area (Å²) in [5, 5.41) is 6.86. The van der Waals surface area contributed by atoms with E-state index in [1.807, 2.05) is 72.8 Å². The summed E-state index contributed by atoms with van der Waals surface area (Å²) >= 11 is 0. The first-order chi connectivity index (χ1) is 31.7. The predicted molar refractivity (Wildman–Crippen MR) is 264 cm³/mol. The molecular weight excluding hydrogens is 781 g/mol. The van der Waals surface area contributed by atoms with Crippen molar-refractivity contribution in [2.45, 2.75) is 0 Å². The standard InChI is InChI=1S/C59H38N4O/c1-3-16-43(17-4-1)57-60-58(44-18-5-2-6-19-44)62-59(61-57)53-26-13-27-54-56(53)52-37-36-47(38-55(52)64-54)63(45-32-28-41(29-33-45)50-24-11-20-39-14-7-9-22-48(39)50)46-34-30-42(31-35-46)51-25-12-21-40-15-8-10-23-49(40)51/h1-38H. The van der Waals surface area contributed by atoms with E-state index < -0.39 is 0 Å². The highest BCUT2D eigenvalue weighted by Gasteiger charge is 2.20. The normalized spacial score (nSPS) is 11.4. The van der Waals surface area contributed by atoms with Crippen LogP contribution in [0, 0.1) is 0 Å². The van der Waals surface area contributed by atoms with Gasteiger partial charge in [0.15, 0.2) is 17.5 Å². The van der Waals surface area contributed by atoms with Gasteiger partial charge >= 0.3 is 0 Å². The van der Waals surface area contributed by atoms with Crippen LogP contribution in [0.3, 0.4) is 0 Å². The molecule has 0 N–H and O–H groups in total. The Morgan fingerprint density at radius 2 is 0.750 bits per heavy atom. The average Bonchev–Trinajstić information content (AvgIpc) is 3.75. The molecule has 12 rings (SSSR count). The highest BCUT2D eigenvalue weighted by Crippen LogP contribution is 2.43. The Bertz CT molecular complexity index is 3470. The summed E-state index contributed by atoms with van der Waals surface area (Å²) in [7, 11) is 0. The molecule has 10 aromatic carbocycles. The number of furan rings is 1. The van der Waals surface area contributed by atoms with Gasteiger partial charge in [-0.1, -0.05) is 182 Å². The number of benzene rings is 10. The number of rotatable bonds is 8. The van der Waals surface area contributed by atoms with E-state index in [1.165, 1.54) is 32.7 Å². The maximum absolute atomic E-state index is 6.74. The number of hydrogen-bond donors (Lipinski definition) is 0.